The second-order valence-electron chi connectivity index (χ2n) is 4.15. The molecule has 2 rings (SSSR count). The summed E-state index contributed by atoms with van der Waals surface area (Å²) >= 11 is 5.44. The lowest BCUT2D eigenvalue weighted by atomic mass is 10.2. The van der Waals surface area contributed by atoms with E-state index in [1.54, 1.807) is 6.07 Å². The number of hydrogen-bond donors (Lipinski definition) is 0. The highest BCUT2D eigenvalue weighted by molar-refractivity contribution is 6.19. The quantitative estimate of drug-likeness (QED) is 0.607. The van der Waals surface area contributed by atoms with Crippen LogP contribution in [-0.2, 0) is 6.61 Å². The Balaban J connectivity index is 2.12. The van der Waals surface area contributed by atoms with Crippen LogP contribution in [0.2, 0.25) is 0 Å². The van der Waals surface area contributed by atoms with E-state index in [0.717, 1.165) is 12.1 Å². The summed E-state index contributed by atoms with van der Waals surface area (Å²) in [4.78, 5) is 0. The van der Waals surface area contributed by atoms with Crippen LogP contribution >= 0.6 is 11.6 Å². The van der Waals surface area contributed by atoms with E-state index in [4.69, 9.17) is 16.3 Å². The van der Waals surface area contributed by atoms with E-state index in [1.807, 2.05) is 0 Å². The number of halogens is 4. The van der Waals surface area contributed by atoms with Crippen molar-refractivity contribution in [2.45, 2.75) is 6.61 Å². The van der Waals surface area contributed by atoms with Gasteiger partial charge >= 0.3 is 0 Å². The largest absolute Gasteiger partial charge is 0.489 e. The first-order valence-electron chi connectivity index (χ1n) is 6.00. The molecule has 0 aliphatic rings. The summed E-state index contributed by atoms with van der Waals surface area (Å²) < 4.78 is 44.6. The van der Waals surface area contributed by atoms with Crippen LogP contribution in [0.15, 0.2) is 36.4 Å². The molecular weight excluding hydrogens is 301 g/mol. The lowest BCUT2D eigenvalue weighted by Crippen LogP contribution is -1.98. The minimum absolute atomic E-state index is 0.0109. The van der Waals surface area contributed by atoms with Gasteiger partial charge in [-0.2, -0.15) is 0 Å². The zero-order chi connectivity index (χ0) is 15.2. The molecule has 0 heterocycles. The van der Waals surface area contributed by atoms with Crippen LogP contribution in [-0.4, -0.2) is 5.88 Å². The van der Waals surface area contributed by atoms with Crippen molar-refractivity contribution in [1.82, 2.24) is 0 Å². The lowest BCUT2D eigenvalue weighted by Gasteiger charge is -2.07. The monoisotopic (exact) mass is 310 g/mol. The highest BCUT2D eigenvalue weighted by Gasteiger charge is 2.05. The van der Waals surface area contributed by atoms with Crippen LogP contribution in [0, 0.1) is 29.3 Å². The summed E-state index contributed by atoms with van der Waals surface area (Å²) in [6.07, 6.45) is 0. The maximum Gasteiger partial charge on any atom is 0.159 e. The lowest BCUT2D eigenvalue weighted by molar-refractivity contribution is 0.303. The fourth-order valence-corrected chi connectivity index (χ4v) is 1.72. The highest BCUT2D eigenvalue weighted by atomic mass is 35.5. The fourth-order valence-electron chi connectivity index (χ4n) is 1.65. The summed E-state index contributed by atoms with van der Waals surface area (Å²) in [6, 6.07) is 7.42. The molecule has 5 heteroatoms. The number of benzene rings is 2. The topological polar surface area (TPSA) is 9.23 Å². The van der Waals surface area contributed by atoms with E-state index in [9.17, 15) is 13.2 Å². The third-order valence-electron chi connectivity index (χ3n) is 2.56. The Labute approximate surface area is 125 Å². The van der Waals surface area contributed by atoms with Crippen molar-refractivity contribution >= 4 is 11.6 Å². The number of ether oxygens (including phenoxy) is 1. The first-order chi connectivity index (χ1) is 10.1. The van der Waals surface area contributed by atoms with Crippen molar-refractivity contribution in [2.24, 2.45) is 0 Å². The Hall–Kier alpha value is -2.12. The standard InChI is InChI=1S/C16H10ClF3O/c17-5-1-2-11-6-13(18)9-14(7-11)21-10-12-3-4-15(19)16(20)8-12/h3-4,6-9H,5,10H2. The van der Waals surface area contributed by atoms with Gasteiger partial charge in [-0.3, -0.25) is 0 Å². The molecule has 108 valence electrons. The predicted molar refractivity (Wildman–Crippen MR) is 74.7 cm³/mol. The maximum absolute atomic E-state index is 13.4. The fraction of sp³-hybridized carbons (Fsp3) is 0.125. The van der Waals surface area contributed by atoms with Crippen molar-refractivity contribution < 1.29 is 17.9 Å². The maximum atomic E-state index is 13.4. The molecule has 0 saturated heterocycles. The Morgan fingerprint density at radius 3 is 2.52 bits per heavy atom. The van der Waals surface area contributed by atoms with E-state index in [1.165, 1.54) is 18.2 Å². The highest BCUT2D eigenvalue weighted by Crippen LogP contribution is 2.18. The first kappa shape index (κ1) is 15.3. The molecule has 0 fully saturated rings. The van der Waals surface area contributed by atoms with Crippen LogP contribution in [0.3, 0.4) is 0 Å². The Morgan fingerprint density at radius 2 is 1.81 bits per heavy atom. The third kappa shape index (κ3) is 4.44. The van der Waals surface area contributed by atoms with E-state index < -0.39 is 17.5 Å². The van der Waals surface area contributed by atoms with Gasteiger partial charge in [0.15, 0.2) is 11.6 Å². The van der Waals surface area contributed by atoms with E-state index >= 15 is 0 Å². The van der Waals surface area contributed by atoms with E-state index in [2.05, 4.69) is 11.8 Å². The molecule has 0 atom stereocenters. The third-order valence-corrected chi connectivity index (χ3v) is 2.69. The van der Waals surface area contributed by atoms with Crippen LogP contribution in [0.1, 0.15) is 11.1 Å². The van der Waals surface area contributed by atoms with Gasteiger partial charge in [0.1, 0.15) is 18.2 Å². The van der Waals surface area contributed by atoms with E-state index in [-0.39, 0.29) is 18.2 Å². The van der Waals surface area contributed by atoms with Gasteiger partial charge in [-0.05, 0) is 29.8 Å². The van der Waals surface area contributed by atoms with Crippen molar-refractivity contribution in [1.29, 1.82) is 0 Å². The second kappa shape index (κ2) is 7.05. The summed E-state index contributed by atoms with van der Waals surface area (Å²) in [5.74, 6) is 3.29. The molecule has 0 bridgehead atoms. The molecule has 2 aromatic rings. The van der Waals surface area contributed by atoms with Gasteiger partial charge in [-0.1, -0.05) is 17.9 Å². The number of hydrogen-bond acceptors (Lipinski definition) is 1. The zero-order valence-corrected chi connectivity index (χ0v) is 11.6. The minimum Gasteiger partial charge on any atom is -0.489 e. The van der Waals surface area contributed by atoms with Crippen LogP contribution in [0.25, 0.3) is 0 Å². The molecule has 0 saturated carbocycles. The first-order valence-corrected chi connectivity index (χ1v) is 6.54. The summed E-state index contributed by atoms with van der Waals surface area (Å²) in [5, 5.41) is 0. The Morgan fingerprint density at radius 1 is 1.00 bits per heavy atom. The van der Waals surface area contributed by atoms with Gasteiger partial charge in [-0.25, -0.2) is 13.2 Å². The molecule has 0 aromatic heterocycles. The Kier molecular flexibility index (Phi) is 5.13. The molecule has 0 spiro atoms. The van der Waals surface area contributed by atoms with Crippen LogP contribution in [0.5, 0.6) is 5.75 Å². The summed E-state index contributed by atoms with van der Waals surface area (Å²) in [5.41, 5.74) is 0.863. The normalized spacial score (nSPS) is 9.90. The average molecular weight is 311 g/mol. The predicted octanol–water partition coefficient (Wildman–Crippen LogP) is 4.27. The van der Waals surface area contributed by atoms with Gasteiger partial charge < -0.3 is 4.74 Å². The van der Waals surface area contributed by atoms with Crippen molar-refractivity contribution in [3.8, 4) is 17.6 Å². The van der Waals surface area contributed by atoms with Gasteiger partial charge in [0.25, 0.3) is 0 Å². The van der Waals surface area contributed by atoms with Crippen LogP contribution in [0.4, 0.5) is 13.2 Å². The van der Waals surface area contributed by atoms with E-state index in [0.29, 0.717) is 11.1 Å². The second-order valence-corrected chi connectivity index (χ2v) is 4.42. The molecule has 0 radical (unpaired) electrons. The molecule has 1 nitrogen and oxygen atoms in total. The van der Waals surface area contributed by atoms with Gasteiger partial charge in [0.2, 0.25) is 0 Å². The van der Waals surface area contributed by atoms with Gasteiger partial charge in [0.05, 0.1) is 5.88 Å². The SMILES string of the molecule is Fc1cc(C#CCCl)cc(OCc2ccc(F)c(F)c2)c1. The molecule has 0 N–H and O–H groups in total. The zero-order valence-electron chi connectivity index (χ0n) is 10.8. The molecule has 0 unspecified atom stereocenters. The molecule has 0 aliphatic carbocycles. The summed E-state index contributed by atoms with van der Waals surface area (Å²) in [6.45, 7) is -0.0109. The smallest absolute Gasteiger partial charge is 0.159 e. The van der Waals surface area contributed by atoms with Crippen LogP contribution < -0.4 is 4.74 Å². The number of alkyl halides is 1. The molecule has 2 aromatic carbocycles. The molecule has 0 aliphatic heterocycles. The molecule has 21 heavy (non-hydrogen) atoms. The Bertz CT molecular complexity index is 704. The van der Waals surface area contributed by atoms with Crippen molar-refractivity contribution in [3.05, 3.63) is 65.0 Å². The number of rotatable bonds is 3. The summed E-state index contributed by atoms with van der Waals surface area (Å²) in [7, 11) is 0. The van der Waals surface area contributed by atoms with Gasteiger partial charge in [-0.15, -0.1) is 11.6 Å². The van der Waals surface area contributed by atoms with Crippen molar-refractivity contribution in [2.75, 3.05) is 5.88 Å². The average Bonchev–Trinajstić information content (AvgIpc) is 2.46. The molecule has 0 amide bonds. The minimum atomic E-state index is -0.955. The van der Waals surface area contributed by atoms with Gasteiger partial charge in [0, 0.05) is 11.6 Å². The van der Waals surface area contributed by atoms with Crippen molar-refractivity contribution in [3.63, 3.8) is 0 Å². The molecular formula is C16H10ClF3O.